The van der Waals surface area contributed by atoms with Crippen LogP contribution < -0.4 is 0 Å². The summed E-state index contributed by atoms with van der Waals surface area (Å²) in [6, 6.07) is 3.56. The third kappa shape index (κ3) is 1.51. The van der Waals surface area contributed by atoms with Crippen molar-refractivity contribution in [1.82, 2.24) is 0 Å². The van der Waals surface area contributed by atoms with Crippen LogP contribution in [0.5, 0.6) is 0 Å². The molecule has 0 aromatic heterocycles. The van der Waals surface area contributed by atoms with Gasteiger partial charge in [-0.3, -0.25) is 10.1 Å². The quantitative estimate of drug-likeness (QED) is 0.440. The molecule has 0 unspecified atom stereocenters. The molecule has 0 fully saturated rings. The number of nitro benzene ring substituents is 1. The maximum atomic E-state index is 10.7. The van der Waals surface area contributed by atoms with Gasteiger partial charge in [-0.05, 0) is 0 Å². The van der Waals surface area contributed by atoms with Crippen LogP contribution in [0, 0.1) is 16.7 Å². The monoisotopic (exact) mass is 192 g/mol. The maximum Gasteiger partial charge on any atom is 0.332 e. The predicted octanol–water partition coefficient (Wildman–Crippen LogP) is 1.84. The summed E-state index contributed by atoms with van der Waals surface area (Å²) in [5, 5.41) is 19.1. The summed E-state index contributed by atoms with van der Waals surface area (Å²) in [7, 11) is 0. The van der Waals surface area contributed by atoms with Crippen LogP contribution in [-0.4, -0.2) is 16.0 Å². The average molecular weight is 192 g/mol. The molecule has 0 saturated heterocycles. The smallest absolute Gasteiger partial charge is 0.332 e. The van der Waals surface area contributed by atoms with Crippen molar-refractivity contribution in [3.8, 4) is 0 Å². The molecule has 0 saturated carbocycles. The SMILES string of the molecule is [C-]#[N+]c1cccc([N+](=O)[O-])c1C(=O)O. The number of aromatic carboxylic acids is 1. The molecule has 1 rings (SSSR count). The van der Waals surface area contributed by atoms with E-state index in [4.69, 9.17) is 11.7 Å². The van der Waals surface area contributed by atoms with Gasteiger partial charge in [0.15, 0.2) is 0 Å². The molecule has 0 atom stereocenters. The highest BCUT2D eigenvalue weighted by atomic mass is 16.6. The lowest BCUT2D eigenvalue weighted by Crippen LogP contribution is -2.02. The van der Waals surface area contributed by atoms with Gasteiger partial charge in [0.05, 0.1) is 11.5 Å². The molecule has 1 aromatic carbocycles. The number of benzene rings is 1. The first-order chi connectivity index (χ1) is 6.57. The van der Waals surface area contributed by atoms with Crippen LogP contribution in [0.4, 0.5) is 11.4 Å². The number of rotatable bonds is 2. The topological polar surface area (TPSA) is 84.8 Å². The van der Waals surface area contributed by atoms with Crippen molar-refractivity contribution in [1.29, 1.82) is 0 Å². The number of carbonyl (C=O) groups is 1. The Hall–Kier alpha value is -2.42. The van der Waals surface area contributed by atoms with Crippen LogP contribution in [-0.2, 0) is 0 Å². The fourth-order valence-corrected chi connectivity index (χ4v) is 0.993. The lowest BCUT2D eigenvalue weighted by molar-refractivity contribution is -0.385. The van der Waals surface area contributed by atoms with Gasteiger partial charge in [0.1, 0.15) is 5.56 Å². The molecular formula is C8H4N2O4. The number of carboxylic acids is 1. The largest absolute Gasteiger partial charge is 0.478 e. The Morgan fingerprint density at radius 2 is 2.21 bits per heavy atom. The van der Waals surface area contributed by atoms with E-state index in [1.54, 1.807) is 0 Å². The van der Waals surface area contributed by atoms with Gasteiger partial charge >= 0.3 is 5.97 Å². The van der Waals surface area contributed by atoms with Crippen molar-refractivity contribution < 1.29 is 14.8 Å². The third-order valence-corrected chi connectivity index (χ3v) is 1.55. The zero-order valence-electron chi connectivity index (χ0n) is 6.80. The Kier molecular flexibility index (Phi) is 2.44. The van der Waals surface area contributed by atoms with E-state index in [0.29, 0.717) is 0 Å². The van der Waals surface area contributed by atoms with E-state index in [1.165, 1.54) is 12.1 Å². The molecule has 0 aliphatic heterocycles. The summed E-state index contributed by atoms with van der Waals surface area (Å²) in [5.41, 5.74) is -1.36. The van der Waals surface area contributed by atoms with E-state index >= 15 is 0 Å². The Balaban J connectivity index is 3.53. The summed E-state index contributed by atoms with van der Waals surface area (Å²) in [5.74, 6) is -1.47. The van der Waals surface area contributed by atoms with Gasteiger partial charge in [0, 0.05) is 6.07 Å². The second-order valence-corrected chi connectivity index (χ2v) is 2.35. The molecule has 1 N–H and O–H groups in total. The van der Waals surface area contributed by atoms with Gasteiger partial charge in [-0.2, -0.15) is 0 Å². The van der Waals surface area contributed by atoms with Gasteiger partial charge in [-0.1, -0.05) is 12.1 Å². The van der Waals surface area contributed by atoms with Crippen LogP contribution in [0.25, 0.3) is 4.85 Å². The van der Waals surface area contributed by atoms with Crippen LogP contribution in [0.15, 0.2) is 18.2 Å². The Labute approximate surface area is 78.4 Å². The van der Waals surface area contributed by atoms with Crippen LogP contribution in [0.1, 0.15) is 10.4 Å². The molecule has 0 aliphatic rings. The molecule has 0 heterocycles. The van der Waals surface area contributed by atoms with Crippen LogP contribution in [0.3, 0.4) is 0 Å². The van der Waals surface area contributed by atoms with Gasteiger partial charge in [0.25, 0.3) is 5.69 Å². The number of nitro groups is 1. The van der Waals surface area contributed by atoms with Crippen molar-refractivity contribution in [2.45, 2.75) is 0 Å². The summed E-state index contributed by atoms with van der Waals surface area (Å²) in [4.78, 5) is 23.2. The first-order valence-electron chi connectivity index (χ1n) is 3.46. The zero-order chi connectivity index (χ0) is 10.7. The molecule has 70 valence electrons. The molecule has 0 bridgehead atoms. The van der Waals surface area contributed by atoms with Gasteiger partial charge in [-0.25, -0.2) is 9.64 Å². The normalized spacial score (nSPS) is 9.07. The minimum atomic E-state index is -1.47. The van der Waals surface area contributed by atoms with E-state index in [9.17, 15) is 14.9 Å². The van der Waals surface area contributed by atoms with E-state index in [2.05, 4.69) is 4.85 Å². The Morgan fingerprint density at radius 3 is 2.64 bits per heavy atom. The highest BCUT2D eigenvalue weighted by molar-refractivity contribution is 5.98. The van der Waals surface area contributed by atoms with Crippen molar-refractivity contribution in [3.05, 3.63) is 45.3 Å². The molecule has 0 radical (unpaired) electrons. The van der Waals surface area contributed by atoms with Crippen molar-refractivity contribution in [2.24, 2.45) is 0 Å². The summed E-state index contributed by atoms with van der Waals surface area (Å²) >= 11 is 0. The third-order valence-electron chi connectivity index (χ3n) is 1.55. The lowest BCUT2D eigenvalue weighted by Gasteiger charge is -1.98. The molecule has 1 aromatic rings. The van der Waals surface area contributed by atoms with Crippen molar-refractivity contribution >= 4 is 17.3 Å². The fraction of sp³-hybridized carbons (Fsp3) is 0. The van der Waals surface area contributed by atoms with Crippen LogP contribution >= 0.6 is 0 Å². The fourth-order valence-electron chi connectivity index (χ4n) is 0.993. The second-order valence-electron chi connectivity index (χ2n) is 2.35. The van der Waals surface area contributed by atoms with Gasteiger partial charge in [0.2, 0.25) is 5.69 Å². The molecule has 6 nitrogen and oxygen atoms in total. The number of hydrogen-bond acceptors (Lipinski definition) is 3. The van der Waals surface area contributed by atoms with E-state index in [0.717, 1.165) is 6.07 Å². The summed E-state index contributed by atoms with van der Waals surface area (Å²) < 4.78 is 0. The molecule has 0 amide bonds. The molecule has 0 spiro atoms. The lowest BCUT2D eigenvalue weighted by atomic mass is 10.1. The average Bonchev–Trinajstić information content (AvgIpc) is 2.16. The summed E-state index contributed by atoms with van der Waals surface area (Å²) in [6.07, 6.45) is 0. The first kappa shape index (κ1) is 9.67. The second kappa shape index (κ2) is 3.53. The standard InChI is InChI=1S/C8H4N2O4/c1-9-5-3-2-4-6(10(13)14)7(5)8(11)12/h2-4H,(H,11,12). The van der Waals surface area contributed by atoms with Crippen molar-refractivity contribution in [3.63, 3.8) is 0 Å². The van der Waals surface area contributed by atoms with E-state index in [-0.39, 0.29) is 5.69 Å². The van der Waals surface area contributed by atoms with Gasteiger partial charge < -0.3 is 5.11 Å². The Morgan fingerprint density at radius 1 is 1.57 bits per heavy atom. The first-order valence-corrected chi connectivity index (χ1v) is 3.46. The number of hydrogen-bond donors (Lipinski definition) is 1. The Bertz CT molecular complexity index is 447. The van der Waals surface area contributed by atoms with Gasteiger partial charge in [-0.15, -0.1) is 0 Å². The maximum absolute atomic E-state index is 10.7. The predicted molar refractivity (Wildman–Crippen MR) is 46.3 cm³/mol. The number of carboxylic acid groups (broad SMARTS) is 1. The molecule has 14 heavy (non-hydrogen) atoms. The minimum absolute atomic E-state index is 0.230. The summed E-state index contributed by atoms with van der Waals surface area (Å²) in [6.45, 7) is 6.65. The molecule has 0 aliphatic carbocycles. The van der Waals surface area contributed by atoms with Crippen molar-refractivity contribution in [2.75, 3.05) is 0 Å². The highest BCUT2D eigenvalue weighted by Gasteiger charge is 2.22. The minimum Gasteiger partial charge on any atom is -0.478 e. The molecular weight excluding hydrogens is 188 g/mol. The molecule has 6 heteroatoms. The highest BCUT2D eigenvalue weighted by Crippen LogP contribution is 2.28. The number of nitrogens with zero attached hydrogens (tertiary/aromatic N) is 2. The zero-order valence-corrected chi connectivity index (χ0v) is 6.80. The van der Waals surface area contributed by atoms with Crippen LogP contribution in [0.2, 0.25) is 0 Å². The van der Waals surface area contributed by atoms with E-state index < -0.39 is 22.1 Å². The van der Waals surface area contributed by atoms with E-state index in [1.807, 2.05) is 0 Å².